The van der Waals surface area contributed by atoms with Gasteiger partial charge in [-0.25, -0.2) is 0 Å². The Hall–Kier alpha value is -0.810. The number of hydrogen-bond donors (Lipinski definition) is 1. The highest BCUT2D eigenvalue weighted by Gasteiger charge is 2.42. The number of rotatable bonds is 4. The average Bonchev–Trinajstić information content (AvgIpc) is 3.12. The van der Waals surface area contributed by atoms with Gasteiger partial charge in [-0.15, -0.1) is 0 Å². The maximum Gasteiger partial charge on any atom is 0.193 e. The first-order valence-corrected chi connectivity index (χ1v) is 9.57. The lowest BCUT2D eigenvalue weighted by atomic mass is 9.87. The molecular weight excluding hydrogens is 288 g/mol. The number of likely N-dealkylation sites (tertiary alicyclic amines) is 2. The summed E-state index contributed by atoms with van der Waals surface area (Å²) in [6.07, 6.45) is 9.28. The summed E-state index contributed by atoms with van der Waals surface area (Å²) < 4.78 is 5.63. The molecule has 5 nitrogen and oxygen atoms in total. The number of aliphatic imine (C=N–C) groups is 1. The van der Waals surface area contributed by atoms with Gasteiger partial charge >= 0.3 is 0 Å². The van der Waals surface area contributed by atoms with Gasteiger partial charge in [-0.05, 0) is 51.7 Å². The van der Waals surface area contributed by atoms with Crippen molar-refractivity contribution in [1.82, 2.24) is 15.1 Å². The number of ether oxygens (including phenoxy) is 1. The Morgan fingerprint density at radius 2 is 1.96 bits per heavy atom. The Morgan fingerprint density at radius 3 is 2.65 bits per heavy atom. The lowest BCUT2D eigenvalue weighted by Gasteiger charge is -2.25. The molecule has 3 aliphatic rings. The summed E-state index contributed by atoms with van der Waals surface area (Å²) in [5, 5.41) is 3.58. The minimum absolute atomic E-state index is 0.406. The molecule has 1 N–H and O–H groups in total. The maximum atomic E-state index is 5.63. The first kappa shape index (κ1) is 17.0. The van der Waals surface area contributed by atoms with E-state index >= 15 is 0 Å². The summed E-state index contributed by atoms with van der Waals surface area (Å²) >= 11 is 0. The molecule has 0 bridgehead atoms. The fourth-order valence-corrected chi connectivity index (χ4v) is 4.28. The second-order valence-corrected chi connectivity index (χ2v) is 7.56. The Morgan fingerprint density at radius 1 is 1.13 bits per heavy atom. The molecule has 0 aliphatic carbocycles. The van der Waals surface area contributed by atoms with Crippen LogP contribution in [0.4, 0.5) is 0 Å². The highest BCUT2D eigenvalue weighted by Crippen LogP contribution is 2.38. The van der Waals surface area contributed by atoms with Crippen molar-refractivity contribution < 1.29 is 4.74 Å². The zero-order chi connectivity index (χ0) is 16.0. The highest BCUT2D eigenvalue weighted by molar-refractivity contribution is 5.80. The summed E-state index contributed by atoms with van der Waals surface area (Å²) in [5.41, 5.74) is 0.406. The Labute approximate surface area is 141 Å². The number of nitrogens with zero attached hydrogens (tertiary/aromatic N) is 3. The average molecular weight is 322 g/mol. The van der Waals surface area contributed by atoms with Gasteiger partial charge < -0.3 is 19.9 Å². The molecule has 132 valence electrons. The van der Waals surface area contributed by atoms with Gasteiger partial charge in [0, 0.05) is 38.7 Å². The van der Waals surface area contributed by atoms with E-state index in [-0.39, 0.29) is 0 Å². The number of hydrogen-bond acceptors (Lipinski definition) is 3. The Balaban J connectivity index is 1.36. The molecule has 0 saturated carbocycles. The number of nitrogens with one attached hydrogen (secondary N) is 1. The Kier molecular flexibility index (Phi) is 6.17. The minimum Gasteiger partial charge on any atom is -0.381 e. The number of guanidine groups is 1. The monoisotopic (exact) mass is 322 g/mol. The third-order valence-electron chi connectivity index (χ3n) is 5.77. The van der Waals surface area contributed by atoms with Gasteiger partial charge in [0.15, 0.2) is 5.96 Å². The van der Waals surface area contributed by atoms with E-state index in [1.54, 1.807) is 0 Å². The molecule has 1 atom stereocenters. The van der Waals surface area contributed by atoms with Crippen LogP contribution in [-0.4, -0.2) is 75.3 Å². The molecule has 0 aromatic carbocycles. The van der Waals surface area contributed by atoms with Crippen LogP contribution in [0.2, 0.25) is 0 Å². The van der Waals surface area contributed by atoms with Gasteiger partial charge in [-0.2, -0.15) is 0 Å². The van der Waals surface area contributed by atoms with E-state index in [2.05, 4.69) is 20.1 Å². The highest BCUT2D eigenvalue weighted by atomic mass is 16.5. The Bertz CT molecular complexity index is 384. The van der Waals surface area contributed by atoms with Crippen LogP contribution in [0, 0.1) is 5.41 Å². The van der Waals surface area contributed by atoms with E-state index in [1.807, 2.05) is 7.05 Å². The fraction of sp³-hybridized carbons (Fsp3) is 0.944. The van der Waals surface area contributed by atoms with Crippen LogP contribution in [0.3, 0.4) is 0 Å². The van der Waals surface area contributed by atoms with Gasteiger partial charge in [0.1, 0.15) is 0 Å². The third-order valence-corrected chi connectivity index (χ3v) is 5.77. The summed E-state index contributed by atoms with van der Waals surface area (Å²) in [7, 11) is 1.91. The van der Waals surface area contributed by atoms with Gasteiger partial charge in [-0.3, -0.25) is 4.99 Å². The second kappa shape index (κ2) is 8.34. The van der Waals surface area contributed by atoms with Crippen molar-refractivity contribution in [2.24, 2.45) is 10.4 Å². The maximum absolute atomic E-state index is 5.63. The predicted molar refractivity (Wildman–Crippen MR) is 94.9 cm³/mol. The van der Waals surface area contributed by atoms with Crippen molar-refractivity contribution in [3.63, 3.8) is 0 Å². The zero-order valence-corrected chi connectivity index (χ0v) is 14.9. The van der Waals surface area contributed by atoms with E-state index in [9.17, 15) is 0 Å². The fourth-order valence-electron chi connectivity index (χ4n) is 4.28. The molecule has 1 spiro atoms. The van der Waals surface area contributed by atoms with E-state index in [4.69, 9.17) is 4.74 Å². The van der Waals surface area contributed by atoms with Crippen LogP contribution in [0.15, 0.2) is 4.99 Å². The summed E-state index contributed by atoms with van der Waals surface area (Å²) in [4.78, 5) is 9.57. The summed E-state index contributed by atoms with van der Waals surface area (Å²) in [6.45, 7) is 8.96. The molecule has 3 heterocycles. The van der Waals surface area contributed by atoms with E-state index in [0.29, 0.717) is 5.41 Å². The molecule has 1 unspecified atom stereocenters. The van der Waals surface area contributed by atoms with Crippen LogP contribution in [0.5, 0.6) is 0 Å². The molecule has 3 fully saturated rings. The van der Waals surface area contributed by atoms with Crippen molar-refractivity contribution in [2.75, 3.05) is 59.5 Å². The normalized spacial score (nSPS) is 30.1. The third kappa shape index (κ3) is 4.60. The van der Waals surface area contributed by atoms with Crippen LogP contribution in [0.25, 0.3) is 0 Å². The topological polar surface area (TPSA) is 40.1 Å². The van der Waals surface area contributed by atoms with Gasteiger partial charge in [0.2, 0.25) is 0 Å². The minimum atomic E-state index is 0.406. The zero-order valence-electron chi connectivity index (χ0n) is 14.9. The molecule has 5 heteroatoms. The molecule has 3 saturated heterocycles. The summed E-state index contributed by atoms with van der Waals surface area (Å²) in [6, 6.07) is 0. The van der Waals surface area contributed by atoms with Crippen molar-refractivity contribution in [3.8, 4) is 0 Å². The molecule has 0 amide bonds. The van der Waals surface area contributed by atoms with E-state index < -0.39 is 0 Å². The molecule has 0 aromatic heterocycles. The van der Waals surface area contributed by atoms with Crippen molar-refractivity contribution in [1.29, 1.82) is 0 Å². The molecule has 0 radical (unpaired) electrons. The van der Waals surface area contributed by atoms with Gasteiger partial charge in [-0.1, -0.05) is 12.8 Å². The lowest BCUT2D eigenvalue weighted by Crippen LogP contribution is -2.42. The van der Waals surface area contributed by atoms with Gasteiger partial charge in [0.05, 0.1) is 6.61 Å². The van der Waals surface area contributed by atoms with Crippen LogP contribution in [-0.2, 0) is 4.74 Å². The standard InChI is InChI=1S/C18H34N4O/c1-19-17(22-13-7-18(15-22)8-14-23-16-18)20-9-6-12-21-10-4-2-3-5-11-21/h2-16H2,1H3,(H,19,20). The van der Waals surface area contributed by atoms with E-state index in [0.717, 1.165) is 38.8 Å². The molecule has 3 rings (SSSR count). The van der Waals surface area contributed by atoms with Crippen LogP contribution < -0.4 is 5.32 Å². The quantitative estimate of drug-likeness (QED) is 0.488. The van der Waals surface area contributed by atoms with Crippen molar-refractivity contribution in [3.05, 3.63) is 0 Å². The smallest absolute Gasteiger partial charge is 0.193 e. The van der Waals surface area contributed by atoms with E-state index in [1.165, 1.54) is 64.6 Å². The largest absolute Gasteiger partial charge is 0.381 e. The first-order valence-electron chi connectivity index (χ1n) is 9.57. The first-order chi connectivity index (χ1) is 11.3. The van der Waals surface area contributed by atoms with Gasteiger partial charge in [0.25, 0.3) is 0 Å². The van der Waals surface area contributed by atoms with Crippen molar-refractivity contribution >= 4 is 5.96 Å². The molecular formula is C18H34N4O. The summed E-state index contributed by atoms with van der Waals surface area (Å²) in [5.74, 6) is 1.09. The van der Waals surface area contributed by atoms with Crippen LogP contribution >= 0.6 is 0 Å². The van der Waals surface area contributed by atoms with Crippen molar-refractivity contribution in [2.45, 2.75) is 44.9 Å². The second-order valence-electron chi connectivity index (χ2n) is 7.56. The SMILES string of the molecule is CN=C(NCCCN1CCCCCC1)N1CCC2(CCOC2)C1. The molecule has 23 heavy (non-hydrogen) atoms. The lowest BCUT2D eigenvalue weighted by molar-refractivity contribution is 0.156. The predicted octanol–water partition coefficient (Wildman–Crippen LogP) is 1.94. The molecule has 0 aromatic rings. The molecule has 3 aliphatic heterocycles. The van der Waals surface area contributed by atoms with Crippen LogP contribution in [0.1, 0.15) is 44.9 Å².